The standard InChI is InChI=1S/C13H21NO2/c1-10(2)14(3)9-11-6-7-12(15-4)8-13(11)16-5/h6-8,10H,9H2,1-5H3. The largest absolute Gasteiger partial charge is 0.497 e. The Morgan fingerprint density at radius 1 is 1.19 bits per heavy atom. The lowest BCUT2D eigenvalue weighted by Gasteiger charge is -2.22. The van der Waals surface area contributed by atoms with Crippen molar-refractivity contribution in [2.45, 2.75) is 26.4 Å². The molecule has 0 bridgehead atoms. The Kier molecular flexibility index (Phi) is 4.62. The third kappa shape index (κ3) is 3.14. The predicted octanol–water partition coefficient (Wildman–Crippen LogP) is 2.54. The summed E-state index contributed by atoms with van der Waals surface area (Å²) in [6.45, 7) is 5.23. The van der Waals surface area contributed by atoms with Gasteiger partial charge in [0.2, 0.25) is 0 Å². The van der Waals surface area contributed by atoms with Crippen molar-refractivity contribution in [3.05, 3.63) is 23.8 Å². The topological polar surface area (TPSA) is 21.7 Å². The van der Waals surface area contributed by atoms with Crippen LogP contribution in [-0.2, 0) is 6.54 Å². The summed E-state index contributed by atoms with van der Waals surface area (Å²) in [6.07, 6.45) is 0. The van der Waals surface area contributed by atoms with Crippen LogP contribution in [0.2, 0.25) is 0 Å². The summed E-state index contributed by atoms with van der Waals surface area (Å²) in [7, 11) is 5.46. The zero-order chi connectivity index (χ0) is 12.1. The zero-order valence-corrected chi connectivity index (χ0v) is 10.8. The van der Waals surface area contributed by atoms with Gasteiger partial charge < -0.3 is 9.47 Å². The third-order valence-corrected chi connectivity index (χ3v) is 2.80. The molecule has 0 aliphatic rings. The molecule has 0 saturated heterocycles. The number of nitrogens with zero attached hydrogens (tertiary/aromatic N) is 1. The number of hydrogen-bond donors (Lipinski definition) is 0. The predicted molar refractivity (Wildman–Crippen MR) is 66.1 cm³/mol. The highest BCUT2D eigenvalue weighted by Gasteiger charge is 2.09. The molecule has 0 aliphatic heterocycles. The molecule has 3 heteroatoms. The molecule has 1 aromatic carbocycles. The average Bonchev–Trinajstić information content (AvgIpc) is 2.29. The van der Waals surface area contributed by atoms with Gasteiger partial charge in [-0.15, -0.1) is 0 Å². The normalized spacial score (nSPS) is 10.9. The Balaban J connectivity index is 2.87. The molecule has 0 heterocycles. The fourth-order valence-electron chi connectivity index (χ4n) is 1.43. The summed E-state index contributed by atoms with van der Waals surface area (Å²) < 4.78 is 10.5. The average molecular weight is 223 g/mol. The van der Waals surface area contributed by atoms with E-state index in [0.29, 0.717) is 6.04 Å². The molecule has 0 radical (unpaired) electrons. The minimum Gasteiger partial charge on any atom is -0.497 e. The Labute approximate surface area is 98.0 Å². The molecule has 3 nitrogen and oxygen atoms in total. The second-order valence-corrected chi connectivity index (χ2v) is 4.19. The minimum absolute atomic E-state index is 0.520. The van der Waals surface area contributed by atoms with Gasteiger partial charge in [-0.2, -0.15) is 0 Å². The first-order valence-electron chi connectivity index (χ1n) is 5.49. The van der Waals surface area contributed by atoms with Crippen molar-refractivity contribution in [2.24, 2.45) is 0 Å². The van der Waals surface area contributed by atoms with Crippen LogP contribution in [-0.4, -0.2) is 32.2 Å². The van der Waals surface area contributed by atoms with Crippen LogP contribution < -0.4 is 9.47 Å². The molecule has 1 aromatic rings. The van der Waals surface area contributed by atoms with Gasteiger partial charge in [-0.3, -0.25) is 4.90 Å². The maximum absolute atomic E-state index is 5.36. The van der Waals surface area contributed by atoms with Crippen LogP contribution in [0.5, 0.6) is 11.5 Å². The third-order valence-electron chi connectivity index (χ3n) is 2.80. The Morgan fingerprint density at radius 3 is 2.38 bits per heavy atom. The fraction of sp³-hybridized carbons (Fsp3) is 0.538. The van der Waals surface area contributed by atoms with Crippen molar-refractivity contribution in [3.63, 3.8) is 0 Å². The van der Waals surface area contributed by atoms with Crippen molar-refractivity contribution >= 4 is 0 Å². The molecule has 0 atom stereocenters. The molecule has 0 N–H and O–H groups in total. The van der Waals surface area contributed by atoms with E-state index in [1.165, 1.54) is 5.56 Å². The molecule has 16 heavy (non-hydrogen) atoms. The number of hydrogen-bond acceptors (Lipinski definition) is 3. The quantitative estimate of drug-likeness (QED) is 0.765. The van der Waals surface area contributed by atoms with Crippen molar-refractivity contribution in [1.29, 1.82) is 0 Å². The number of methoxy groups -OCH3 is 2. The first kappa shape index (κ1) is 12.8. The van der Waals surface area contributed by atoms with Crippen molar-refractivity contribution < 1.29 is 9.47 Å². The van der Waals surface area contributed by atoms with Gasteiger partial charge in [0.1, 0.15) is 11.5 Å². The first-order chi connectivity index (χ1) is 7.58. The van der Waals surface area contributed by atoms with E-state index in [1.54, 1.807) is 14.2 Å². The summed E-state index contributed by atoms with van der Waals surface area (Å²) in [5.74, 6) is 1.71. The van der Waals surface area contributed by atoms with E-state index >= 15 is 0 Å². The van der Waals surface area contributed by atoms with Gasteiger partial charge in [0.25, 0.3) is 0 Å². The van der Waals surface area contributed by atoms with Gasteiger partial charge in [0.15, 0.2) is 0 Å². The van der Waals surface area contributed by atoms with Crippen LogP contribution in [0.25, 0.3) is 0 Å². The minimum atomic E-state index is 0.520. The van der Waals surface area contributed by atoms with E-state index < -0.39 is 0 Å². The smallest absolute Gasteiger partial charge is 0.127 e. The Bertz CT molecular complexity index is 337. The van der Waals surface area contributed by atoms with Gasteiger partial charge in [0, 0.05) is 24.2 Å². The van der Waals surface area contributed by atoms with E-state index in [2.05, 4.69) is 31.9 Å². The van der Waals surface area contributed by atoms with Crippen LogP contribution in [0, 0.1) is 0 Å². The number of rotatable bonds is 5. The van der Waals surface area contributed by atoms with E-state index in [4.69, 9.17) is 9.47 Å². The molecule has 0 unspecified atom stereocenters. The summed E-state index contributed by atoms with van der Waals surface area (Å²) in [5.41, 5.74) is 1.18. The highest BCUT2D eigenvalue weighted by molar-refractivity contribution is 5.40. The van der Waals surface area contributed by atoms with Crippen molar-refractivity contribution in [3.8, 4) is 11.5 Å². The monoisotopic (exact) mass is 223 g/mol. The van der Waals surface area contributed by atoms with Crippen LogP contribution in [0.3, 0.4) is 0 Å². The molecule has 0 aliphatic carbocycles. The second kappa shape index (κ2) is 5.75. The Hall–Kier alpha value is -1.22. The summed E-state index contributed by atoms with van der Waals surface area (Å²) >= 11 is 0. The summed E-state index contributed by atoms with van der Waals surface area (Å²) in [5, 5.41) is 0. The lowest BCUT2D eigenvalue weighted by molar-refractivity contribution is 0.261. The molecule has 0 saturated carbocycles. The van der Waals surface area contributed by atoms with E-state index in [0.717, 1.165) is 18.0 Å². The van der Waals surface area contributed by atoms with Crippen LogP contribution in [0.1, 0.15) is 19.4 Å². The van der Waals surface area contributed by atoms with Gasteiger partial charge in [-0.1, -0.05) is 6.07 Å². The molecule has 90 valence electrons. The number of ether oxygens (including phenoxy) is 2. The van der Waals surface area contributed by atoms with E-state index in [-0.39, 0.29) is 0 Å². The van der Waals surface area contributed by atoms with E-state index in [9.17, 15) is 0 Å². The van der Waals surface area contributed by atoms with Crippen molar-refractivity contribution in [1.82, 2.24) is 4.90 Å². The van der Waals surface area contributed by atoms with Crippen molar-refractivity contribution in [2.75, 3.05) is 21.3 Å². The SMILES string of the molecule is COc1ccc(CN(C)C(C)C)c(OC)c1. The summed E-state index contributed by atoms with van der Waals surface area (Å²) in [4.78, 5) is 2.27. The van der Waals surface area contributed by atoms with E-state index in [1.807, 2.05) is 12.1 Å². The molecule has 0 aromatic heterocycles. The molecule has 0 amide bonds. The summed E-state index contributed by atoms with van der Waals surface area (Å²) in [6, 6.07) is 6.46. The van der Waals surface area contributed by atoms with Crippen LogP contribution in [0.15, 0.2) is 18.2 Å². The van der Waals surface area contributed by atoms with Gasteiger partial charge in [-0.05, 0) is 27.0 Å². The maximum Gasteiger partial charge on any atom is 0.127 e. The highest BCUT2D eigenvalue weighted by Crippen LogP contribution is 2.25. The maximum atomic E-state index is 5.36. The zero-order valence-electron chi connectivity index (χ0n) is 10.8. The van der Waals surface area contributed by atoms with Gasteiger partial charge in [-0.25, -0.2) is 0 Å². The fourth-order valence-corrected chi connectivity index (χ4v) is 1.43. The molecular formula is C13H21NO2. The molecule has 1 rings (SSSR count). The Morgan fingerprint density at radius 2 is 1.88 bits per heavy atom. The highest BCUT2D eigenvalue weighted by atomic mass is 16.5. The van der Waals surface area contributed by atoms with Gasteiger partial charge in [0.05, 0.1) is 14.2 Å². The molecule has 0 spiro atoms. The lowest BCUT2D eigenvalue weighted by Crippen LogP contribution is -2.25. The lowest BCUT2D eigenvalue weighted by atomic mass is 10.1. The van der Waals surface area contributed by atoms with Crippen LogP contribution >= 0.6 is 0 Å². The molecular weight excluding hydrogens is 202 g/mol. The van der Waals surface area contributed by atoms with Crippen LogP contribution in [0.4, 0.5) is 0 Å². The number of benzene rings is 1. The first-order valence-corrected chi connectivity index (χ1v) is 5.49. The molecule has 0 fully saturated rings. The van der Waals surface area contributed by atoms with Gasteiger partial charge >= 0.3 is 0 Å². The second-order valence-electron chi connectivity index (χ2n) is 4.19.